The Morgan fingerprint density at radius 3 is 2.29 bits per heavy atom. The lowest BCUT2D eigenvalue weighted by atomic mass is 10.1. The molecule has 0 aliphatic rings. The number of hydrogen-bond donors (Lipinski definition) is 1. The van der Waals surface area contributed by atoms with Crippen LogP contribution in [0, 0.1) is 5.82 Å². The van der Waals surface area contributed by atoms with Crippen molar-refractivity contribution in [1.82, 2.24) is 9.97 Å². The molecule has 28 heavy (non-hydrogen) atoms. The van der Waals surface area contributed by atoms with Crippen LogP contribution in [0.4, 0.5) is 29.1 Å². The molecule has 0 fully saturated rings. The van der Waals surface area contributed by atoms with Crippen LogP contribution < -0.4 is 10.1 Å². The molecule has 0 amide bonds. The third-order valence-electron chi connectivity index (χ3n) is 3.70. The van der Waals surface area contributed by atoms with E-state index < -0.39 is 6.36 Å². The first-order valence-electron chi connectivity index (χ1n) is 8.22. The highest BCUT2D eigenvalue weighted by Crippen LogP contribution is 2.26. The lowest BCUT2D eigenvalue weighted by Crippen LogP contribution is -2.16. The van der Waals surface area contributed by atoms with Gasteiger partial charge in [-0.2, -0.15) is 0 Å². The van der Waals surface area contributed by atoms with Gasteiger partial charge in [0, 0.05) is 17.5 Å². The van der Waals surface area contributed by atoms with Gasteiger partial charge < -0.3 is 10.1 Å². The van der Waals surface area contributed by atoms with E-state index in [0.29, 0.717) is 17.3 Å². The van der Waals surface area contributed by atoms with Crippen LogP contribution in [-0.4, -0.2) is 16.3 Å². The Kier molecular flexibility index (Phi) is 5.58. The van der Waals surface area contributed by atoms with Crippen LogP contribution in [0.5, 0.6) is 5.75 Å². The Bertz CT molecular complexity index is 968. The molecule has 0 atom stereocenters. The van der Waals surface area contributed by atoms with Crippen LogP contribution >= 0.6 is 0 Å². The first-order chi connectivity index (χ1) is 13.3. The van der Waals surface area contributed by atoms with Gasteiger partial charge in [0.15, 0.2) is 5.82 Å². The summed E-state index contributed by atoms with van der Waals surface area (Å²) in [5.74, 6) is 0.231. The maximum Gasteiger partial charge on any atom is 0.573 e. The van der Waals surface area contributed by atoms with Crippen molar-refractivity contribution in [3.63, 3.8) is 0 Å². The van der Waals surface area contributed by atoms with Crippen LogP contribution in [0.1, 0.15) is 18.3 Å². The molecule has 0 radical (unpaired) electrons. The van der Waals surface area contributed by atoms with Gasteiger partial charge >= 0.3 is 6.36 Å². The van der Waals surface area contributed by atoms with Crippen molar-refractivity contribution in [2.75, 3.05) is 5.32 Å². The molecule has 144 valence electrons. The van der Waals surface area contributed by atoms with Gasteiger partial charge in [-0.15, -0.1) is 13.2 Å². The number of allylic oxidation sites excluding steroid dienone is 1. The van der Waals surface area contributed by atoms with E-state index >= 15 is 0 Å². The number of rotatable bonds is 5. The van der Waals surface area contributed by atoms with Gasteiger partial charge in [0.2, 0.25) is 0 Å². The molecule has 0 saturated carbocycles. The Balaban J connectivity index is 1.78. The van der Waals surface area contributed by atoms with Gasteiger partial charge in [0.1, 0.15) is 17.4 Å². The minimum atomic E-state index is -4.74. The van der Waals surface area contributed by atoms with Crippen molar-refractivity contribution in [3.8, 4) is 5.75 Å². The summed E-state index contributed by atoms with van der Waals surface area (Å²) in [6.45, 7) is 1.82. The SMILES string of the molecule is C/C=C(/c1ccc(F)cc1)c1nccc(Nc2ccc(OC(F)(F)F)cc2)n1. The number of nitrogens with one attached hydrogen (secondary N) is 1. The highest BCUT2D eigenvalue weighted by molar-refractivity contribution is 5.76. The number of nitrogens with zero attached hydrogens (tertiary/aromatic N) is 2. The van der Waals surface area contributed by atoms with E-state index in [2.05, 4.69) is 20.0 Å². The van der Waals surface area contributed by atoms with Gasteiger partial charge in [-0.1, -0.05) is 18.2 Å². The maximum absolute atomic E-state index is 13.2. The van der Waals surface area contributed by atoms with Crippen molar-refractivity contribution >= 4 is 17.1 Å². The number of alkyl halides is 3. The number of benzene rings is 2. The van der Waals surface area contributed by atoms with Crippen LogP contribution in [-0.2, 0) is 0 Å². The fourth-order valence-electron chi connectivity index (χ4n) is 2.50. The van der Waals surface area contributed by atoms with Gasteiger partial charge in [-0.25, -0.2) is 14.4 Å². The van der Waals surface area contributed by atoms with Crippen LogP contribution in [0.15, 0.2) is 66.9 Å². The summed E-state index contributed by atoms with van der Waals surface area (Å²) in [4.78, 5) is 8.67. The van der Waals surface area contributed by atoms with Gasteiger partial charge in [0.05, 0.1) is 0 Å². The van der Waals surface area contributed by atoms with Crippen LogP contribution in [0.2, 0.25) is 0 Å². The molecule has 0 saturated heterocycles. The Morgan fingerprint density at radius 1 is 1.00 bits per heavy atom. The molecule has 3 aromatic rings. The number of halogens is 4. The molecule has 8 heteroatoms. The quantitative estimate of drug-likeness (QED) is 0.568. The molecular weight excluding hydrogens is 374 g/mol. The van der Waals surface area contributed by atoms with E-state index in [-0.39, 0.29) is 11.6 Å². The third kappa shape index (κ3) is 5.06. The Hall–Kier alpha value is -3.42. The largest absolute Gasteiger partial charge is 0.573 e. The average molecular weight is 389 g/mol. The second-order valence-electron chi connectivity index (χ2n) is 5.67. The number of aromatic nitrogens is 2. The van der Waals surface area contributed by atoms with E-state index in [4.69, 9.17) is 0 Å². The first kappa shape index (κ1) is 19.3. The second kappa shape index (κ2) is 8.08. The molecule has 0 bridgehead atoms. The van der Waals surface area contributed by atoms with E-state index in [0.717, 1.165) is 11.1 Å². The van der Waals surface area contributed by atoms with Crippen molar-refractivity contribution < 1.29 is 22.3 Å². The number of hydrogen-bond acceptors (Lipinski definition) is 4. The molecule has 1 aromatic heterocycles. The normalized spacial score (nSPS) is 12.0. The van der Waals surface area contributed by atoms with E-state index in [9.17, 15) is 17.6 Å². The summed E-state index contributed by atoms with van der Waals surface area (Å²) in [7, 11) is 0. The van der Waals surface area contributed by atoms with Crippen molar-refractivity contribution in [2.45, 2.75) is 13.3 Å². The number of anilines is 2. The summed E-state index contributed by atoms with van der Waals surface area (Å²) in [6.07, 6.45) is -1.37. The van der Waals surface area contributed by atoms with Crippen LogP contribution in [0.3, 0.4) is 0 Å². The fraction of sp³-hybridized carbons (Fsp3) is 0.100. The highest BCUT2D eigenvalue weighted by Gasteiger charge is 2.30. The van der Waals surface area contributed by atoms with Crippen molar-refractivity contribution in [2.24, 2.45) is 0 Å². The molecular formula is C20H15F4N3O. The second-order valence-corrected chi connectivity index (χ2v) is 5.67. The minimum absolute atomic E-state index is 0.311. The van der Waals surface area contributed by atoms with Crippen molar-refractivity contribution in [1.29, 1.82) is 0 Å². The zero-order valence-corrected chi connectivity index (χ0v) is 14.7. The van der Waals surface area contributed by atoms with E-state index in [1.54, 1.807) is 24.4 Å². The summed E-state index contributed by atoms with van der Waals surface area (Å²) in [5.41, 5.74) is 2.01. The molecule has 4 nitrogen and oxygen atoms in total. The lowest BCUT2D eigenvalue weighted by molar-refractivity contribution is -0.274. The summed E-state index contributed by atoms with van der Waals surface area (Å²) in [6, 6.07) is 12.9. The molecule has 0 unspecified atom stereocenters. The predicted octanol–water partition coefficient (Wildman–Crippen LogP) is 5.71. The molecule has 1 N–H and O–H groups in total. The monoisotopic (exact) mass is 389 g/mol. The van der Waals surface area contributed by atoms with Crippen LogP contribution in [0.25, 0.3) is 5.57 Å². The molecule has 3 rings (SSSR count). The molecule has 0 aliphatic heterocycles. The van der Waals surface area contributed by atoms with Gasteiger partial charge in [-0.05, 0) is 55.0 Å². The molecule has 2 aromatic carbocycles. The Labute approximate surface area is 158 Å². The Morgan fingerprint density at radius 2 is 1.68 bits per heavy atom. The topological polar surface area (TPSA) is 47.0 Å². The zero-order valence-electron chi connectivity index (χ0n) is 14.7. The van der Waals surface area contributed by atoms with Gasteiger partial charge in [-0.3, -0.25) is 0 Å². The molecule has 1 heterocycles. The van der Waals surface area contributed by atoms with Crippen molar-refractivity contribution in [3.05, 3.63) is 84.1 Å². The average Bonchev–Trinajstić information content (AvgIpc) is 2.65. The molecule has 0 spiro atoms. The standard InChI is InChI=1S/C20H15F4N3O/c1-2-17(13-3-5-14(21)6-4-13)19-25-12-11-18(27-19)26-15-7-9-16(10-8-15)28-20(22,23)24/h2-12H,1H3,(H,25,26,27)/b17-2-. The van der Waals surface area contributed by atoms with Gasteiger partial charge in [0.25, 0.3) is 0 Å². The summed E-state index contributed by atoms with van der Waals surface area (Å²) in [5, 5.41) is 3.00. The lowest BCUT2D eigenvalue weighted by Gasteiger charge is -2.11. The zero-order chi connectivity index (χ0) is 20.1. The smallest absolute Gasteiger partial charge is 0.406 e. The third-order valence-corrected chi connectivity index (χ3v) is 3.70. The minimum Gasteiger partial charge on any atom is -0.406 e. The maximum atomic E-state index is 13.2. The fourth-order valence-corrected chi connectivity index (χ4v) is 2.50. The summed E-state index contributed by atoms with van der Waals surface area (Å²) >= 11 is 0. The number of ether oxygens (including phenoxy) is 1. The predicted molar refractivity (Wildman–Crippen MR) is 97.6 cm³/mol. The van der Waals surface area contributed by atoms with E-state index in [1.165, 1.54) is 36.4 Å². The molecule has 0 aliphatic carbocycles. The van der Waals surface area contributed by atoms with E-state index in [1.807, 2.05) is 13.0 Å². The first-order valence-corrected chi connectivity index (χ1v) is 8.22. The highest BCUT2D eigenvalue weighted by atomic mass is 19.4. The summed E-state index contributed by atoms with van der Waals surface area (Å²) < 4.78 is 53.7.